The lowest BCUT2D eigenvalue weighted by Crippen LogP contribution is -2.35. The maximum atomic E-state index is 3.26. The van der Waals surface area contributed by atoms with E-state index >= 15 is 0 Å². The van der Waals surface area contributed by atoms with Gasteiger partial charge in [-0.05, 0) is 11.6 Å². The largest absolute Gasteiger partial charge is 0.325 e. The third-order valence-electron chi connectivity index (χ3n) is 2.85. The first-order valence-electron chi connectivity index (χ1n) is 4.73. The molecule has 1 unspecified atom stereocenters. The molecule has 1 atom stereocenters. The molecular weight excluding hydrogens is 160 g/mol. The van der Waals surface area contributed by atoms with E-state index in [9.17, 15) is 0 Å². The van der Waals surface area contributed by atoms with Gasteiger partial charge in [-0.2, -0.15) is 0 Å². The van der Waals surface area contributed by atoms with Crippen molar-refractivity contribution in [2.45, 2.75) is 6.42 Å². The smallest absolute Gasteiger partial charge is 0.0387 e. The number of hydrazine groups is 1. The van der Waals surface area contributed by atoms with E-state index < -0.39 is 0 Å². The Labute approximate surface area is 76.9 Å². The summed E-state index contributed by atoms with van der Waals surface area (Å²) in [6, 6.07) is 8.56. The topological polar surface area (TPSA) is 24.1 Å². The van der Waals surface area contributed by atoms with Gasteiger partial charge < -0.3 is 5.43 Å². The molecule has 1 aromatic carbocycles. The zero-order valence-electron chi connectivity index (χ0n) is 7.38. The average molecular weight is 172 g/mol. The summed E-state index contributed by atoms with van der Waals surface area (Å²) in [6.45, 7) is 1.06. The maximum absolute atomic E-state index is 3.26. The van der Waals surface area contributed by atoms with Crippen LogP contribution in [0.4, 0.5) is 0 Å². The highest BCUT2D eigenvalue weighted by Gasteiger charge is 2.21. The summed E-state index contributed by atoms with van der Waals surface area (Å²) in [5, 5.41) is 2.73. The van der Waals surface area contributed by atoms with Crippen LogP contribution in [0.1, 0.15) is 6.42 Å². The summed E-state index contributed by atoms with van der Waals surface area (Å²) in [4.78, 5) is 0. The molecule has 1 aliphatic heterocycles. The molecule has 0 spiro atoms. The molecule has 0 bridgehead atoms. The number of hydrogen-bond acceptors (Lipinski definition) is 2. The number of nitrogens with one attached hydrogen (secondary N) is 2. The van der Waals surface area contributed by atoms with Crippen LogP contribution in [-0.4, -0.2) is 6.54 Å². The second-order valence-electron chi connectivity index (χ2n) is 3.64. The minimum absolute atomic E-state index is 0.662. The molecule has 2 nitrogen and oxygen atoms in total. The fourth-order valence-electron chi connectivity index (χ4n) is 2.15. The highest BCUT2D eigenvalue weighted by Crippen LogP contribution is 2.17. The van der Waals surface area contributed by atoms with Crippen LogP contribution in [0.25, 0.3) is 11.8 Å². The van der Waals surface area contributed by atoms with Gasteiger partial charge in [0.25, 0.3) is 0 Å². The van der Waals surface area contributed by atoms with Gasteiger partial charge in [-0.3, -0.25) is 0 Å². The molecule has 1 fully saturated rings. The molecule has 1 aliphatic carbocycles. The van der Waals surface area contributed by atoms with Gasteiger partial charge in [-0.1, -0.05) is 30.3 Å². The Morgan fingerprint density at radius 2 is 2.15 bits per heavy atom. The summed E-state index contributed by atoms with van der Waals surface area (Å²) in [7, 11) is 0. The Morgan fingerprint density at radius 1 is 1.23 bits per heavy atom. The molecule has 66 valence electrons. The Bertz CT molecular complexity index is 447. The second-order valence-corrected chi connectivity index (χ2v) is 3.64. The molecule has 1 saturated heterocycles. The monoisotopic (exact) mass is 172 g/mol. The lowest BCUT2D eigenvalue weighted by atomic mass is 9.95. The normalized spacial score (nSPS) is 24.3. The molecule has 1 aromatic rings. The van der Waals surface area contributed by atoms with Crippen molar-refractivity contribution in [1.29, 1.82) is 0 Å². The van der Waals surface area contributed by atoms with Crippen molar-refractivity contribution in [2.24, 2.45) is 5.92 Å². The second kappa shape index (κ2) is 2.60. The van der Waals surface area contributed by atoms with E-state index in [-0.39, 0.29) is 0 Å². The predicted octanol–water partition coefficient (Wildman–Crippen LogP) is -0.297. The van der Waals surface area contributed by atoms with Gasteiger partial charge in [0.2, 0.25) is 0 Å². The molecule has 13 heavy (non-hydrogen) atoms. The van der Waals surface area contributed by atoms with Crippen LogP contribution in [0.3, 0.4) is 0 Å². The number of hydrogen-bond donors (Lipinski definition) is 2. The van der Waals surface area contributed by atoms with Gasteiger partial charge >= 0.3 is 0 Å². The van der Waals surface area contributed by atoms with Gasteiger partial charge in [0.1, 0.15) is 0 Å². The van der Waals surface area contributed by atoms with E-state index in [4.69, 9.17) is 0 Å². The fraction of sp³-hybridized carbons (Fsp3) is 0.273. The number of fused-ring (bicyclic) bond motifs is 2. The molecule has 3 rings (SSSR count). The Kier molecular flexibility index (Phi) is 1.43. The van der Waals surface area contributed by atoms with Crippen LogP contribution in [0.5, 0.6) is 0 Å². The Morgan fingerprint density at radius 3 is 3.15 bits per heavy atom. The van der Waals surface area contributed by atoms with Gasteiger partial charge in [0, 0.05) is 23.4 Å². The SMILES string of the molecule is C1=c2ccccc2=C2NNCC2C1. The summed E-state index contributed by atoms with van der Waals surface area (Å²) in [6.07, 6.45) is 3.49. The lowest BCUT2D eigenvalue weighted by molar-refractivity contribution is 0.665. The van der Waals surface area contributed by atoms with Crippen LogP contribution in [0, 0.1) is 5.92 Å². The summed E-state index contributed by atoms with van der Waals surface area (Å²) in [5.41, 5.74) is 7.83. The summed E-state index contributed by atoms with van der Waals surface area (Å²) >= 11 is 0. The first-order chi connectivity index (χ1) is 6.45. The van der Waals surface area contributed by atoms with Crippen molar-refractivity contribution in [1.82, 2.24) is 10.9 Å². The molecule has 0 saturated carbocycles. The van der Waals surface area contributed by atoms with E-state index in [0.29, 0.717) is 5.92 Å². The first-order valence-corrected chi connectivity index (χ1v) is 4.73. The van der Waals surface area contributed by atoms with E-state index in [1.165, 1.54) is 16.1 Å². The lowest BCUT2D eigenvalue weighted by Gasteiger charge is -2.12. The molecule has 2 aliphatic rings. The van der Waals surface area contributed by atoms with Crippen LogP contribution in [0.2, 0.25) is 0 Å². The van der Waals surface area contributed by atoms with Crippen molar-refractivity contribution >= 4 is 11.8 Å². The summed E-state index contributed by atoms with van der Waals surface area (Å²) in [5.74, 6) is 0.662. The fourth-order valence-corrected chi connectivity index (χ4v) is 2.15. The van der Waals surface area contributed by atoms with E-state index in [2.05, 4.69) is 41.2 Å². The molecule has 2 N–H and O–H groups in total. The Hall–Kier alpha value is -1.28. The molecule has 0 amide bonds. The molecule has 0 radical (unpaired) electrons. The maximum Gasteiger partial charge on any atom is 0.0387 e. The van der Waals surface area contributed by atoms with Crippen LogP contribution >= 0.6 is 0 Å². The highest BCUT2D eigenvalue weighted by atomic mass is 15.4. The van der Waals surface area contributed by atoms with E-state index in [1.54, 1.807) is 0 Å². The zero-order valence-corrected chi connectivity index (χ0v) is 7.38. The highest BCUT2D eigenvalue weighted by molar-refractivity contribution is 5.53. The molecule has 0 aromatic heterocycles. The molecule has 1 heterocycles. The number of rotatable bonds is 0. The Balaban J connectivity index is 2.38. The third kappa shape index (κ3) is 0.988. The quantitative estimate of drug-likeness (QED) is 0.561. The number of benzene rings is 1. The first kappa shape index (κ1) is 7.15. The third-order valence-corrected chi connectivity index (χ3v) is 2.85. The minimum atomic E-state index is 0.662. The molecule has 2 heteroatoms. The predicted molar refractivity (Wildman–Crippen MR) is 52.8 cm³/mol. The van der Waals surface area contributed by atoms with Gasteiger partial charge in [-0.25, -0.2) is 5.43 Å². The van der Waals surface area contributed by atoms with Crippen molar-refractivity contribution in [3.05, 3.63) is 34.7 Å². The van der Waals surface area contributed by atoms with E-state index in [1.807, 2.05) is 0 Å². The van der Waals surface area contributed by atoms with Gasteiger partial charge in [-0.15, -0.1) is 0 Å². The van der Waals surface area contributed by atoms with Gasteiger partial charge in [0.15, 0.2) is 0 Å². The van der Waals surface area contributed by atoms with Crippen LogP contribution in [-0.2, 0) is 0 Å². The average Bonchev–Trinajstić information content (AvgIpc) is 2.65. The van der Waals surface area contributed by atoms with Gasteiger partial charge in [0.05, 0.1) is 0 Å². The zero-order chi connectivity index (χ0) is 8.67. The minimum Gasteiger partial charge on any atom is -0.325 e. The van der Waals surface area contributed by atoms with Crippen molar-refractivity contribution in [2.75, 3.05) is 6.54 Å². The van der Waals surface area contributed by atoms with Crippen molar-refractivity contribution in [3.8, 4) is 0 Å². The van der Waals surface area contributed by atoms with Crippen molar-refractivity contribution < 1.29 is 0 Å². The van der Waals surface area contributed by atoms with Crippen LogP contribution < -0.4 is 21.3 Å². The standard InChI is InChI=1S/C11H12N2/c1-2-4-10-8(3-1)5-6-9-7-12-13-11(9)10/h1-5,9,12-13H,6-7H2. The molecular formula is C11H12N2. The van der Waals surface area contributed by atoms with E-state index in [0.717, 1.165) is 13.0 Å². The summed E-state index contributed by atoms with van der Waals surface area (Å²) < 4.78 is 0. The van der Waals surface area contributed by atoms with Crippen molar-refractivity contribution in [3.63, 3.8) is 0 Å². The van der Waals surface area contributed by atoms with Crippen LogP contribution in [0.15, 0.2) is 24.3 Å².